The van der Waals surface area contributed by atoms with Gasteiger partial charge in [-0.25, -0.2) is 28.1 Å². The van der Waals surface area contributed by atoms with Crippen LogP contribution in [0.4, 0.5) is 0 Å². The fourth-order valence-electron chi connectivity index (χ4n) is 7.05. The monoisotopic (exact) mass is 783 g/mol. The van der Waals surface area contributed by atoms with E-state index in [0.29, 0.717) is 38.5 Å². The second kappa shape index (κ2) is 24.2. The summed E-state index contributed by atoms with van der Waals surface area (Å²) in [4.78, 5) is 45.4. The number of hydrogen-bond donors (Lipinski definition) is 0. The van der Waals surface area contributed by atoms with E-state index in [-0.39, 0.29) is 0 Å². The summed E-state index contributed by atoms with van der Waals surface area (Å²) < 4.78 is 57.0. The Morgan fingerprint density at radius 3 is 0.725 bits per heavy atom. The first-order valence-electron chi connectivity index (χ1n) is 18.5. The van der Waals surface area contributed by atoms with Gasteiger partial charge >= 0.3 is 43.5 Å². The number of aromatic nitrogens is 3. The largest absolute Gasteiger partial charge is 0.524 e. The maximum Gasteiger partial charge on any atom is 0.524 e. The van der Waals surface area contributed by atoms with Crippen molar-refractivity contribution in [2.45, 2.75) is 134 Å². The van der Waals surface area contributed by atoms with E-state index in [2.05, 4.69) is 20.8 Å². The SMILES string of the molecule is CCCCCCC(n1c(=O)n(C(CCCCCC)[Si](OC)(OC)OC)c(=O)n(C(CCCCCC)[Si](OC)(OC)OC)c1=O)[Si](OC)(OC)OC. The molecule has 1 rings (SSSR count). The quantitative estimate of drug-likeness (QED) is 0.0767. The van der Waals surface area contributed by atoms with Crippen LogP contribution in [0.1, 0.15) is 134 Å². The van der Waals surface area contributed by atoms with Crippen molar-refractivity contribution < 1.29 is 39.8 Å². The highest BCUT2D eigenvalue weighted by Gasteiger charge is 2.55. The molecule has 0 radical (unpaired) electrons. The Kier molecular flexibility index (Phi) is 22.6. The zero-order valence-electron chi connectivity index (χ0n) is 33.6. The third-order valence-electron chi connectivity index (χ3n) is 9.95. The molecule has 1 aromatic rings. The molecule has 1 aromatic heterocycles. The Hall–Kier alpha value is -1.30. The lowest BCUT2D eigenvalue weighted by molar-refractivity contribution is 0.0857. The van der Waals surface area contributed by atoms with Crippen molar-refractivity contribution in [1.29, 1.82) is 0 Å². The van der Waals surface area contributed by atoms with Gasteiger partial charge in [0, 0.05) is 64.0 Å². The Balaban J connectivity index is 4.64. The smallest absolute Gasteiger partial charge is 0.376 e. The van der Waals surface area contributed by atoms with Crippen LogP contribution in [0.3, 0.4) is 0 Å². The molecule has 300 valence electrons. The van der Waals surface area contributed by atoms with Crippen LogP contribution >= 0.6 is 0 Å². The fourth-order valence-corrected chi connectivity index (χ4v) is 14.3. The van der Waals surface area contributed by atoms with Crippen LogP contribution in [0.25, 0.3) is 0 Å². The molecule has 15 nitrogen and oxygen atoms in total. The molecule has 0 saturated heterocycles. The molecule has 0 fully saturated rings. The lowest BCUT2D eigenvalue weighted by Crippen LogP contribution is -2.67. The lowest BCUT2D eigenvalue weighted by atomic mass is 10.1. The minimum atomic E-state index is -3.79. The average Bonchev–Trinajstić information content (AvgIpc) is 3.15. The minimum absolute atomic E-state index is 0.320. The van der Waals surface area contributed by atoms with Crippen molar-refractivity contribution in [1.82, 2.24) is 13.7 Å². The Morgan fingerprint density at radius 1 is 0.373 bits per heavy atom. The van der Waals surface area contributed by atoms with Crippen LogP contribution in [0.5, 0.6) is 0 Å². The topological polar surface area (TPSA) is 149 Å². The summed E-state index contributed by atoms with van der Waals surface area (Å²) in [6.45, 7) is 6.31. The molecule has 0 amide bonds. The number of unbranched alkanes of at least 4 members (excludes halogenated alkanes) is 9. The summed E-state index contributed by atoms with van der Waals surface area (Å²) in [6, 6.07) is 0. The summed E-state index contributed by atoms with van der Waals surface area (Å²) in [6.07, 6.45) is 11.3. The standard InChI is InChI=1S/C33H69N3O12Si3/c1-13-16-19-22-25-28(49(40-4,41-5)42-6)34-31(37)35(29(26-23-20-17-14-2)50(43-7,44-8)45-9)33(39)36(32(34)38)30(27-24-21-18-15-3)51(46-10,47-11)48-12/h28-30H,13-27H2,1-12H3. The van der Waals surface area contributed by atoms with Crippen molar-refractivity contribution in [3.63, 3.8) is 0 Å². The molecule has 0 aromatic carbocycles. The lowest BCUT2D eigenvalue weighted by Gasteiger charge is -2.38. The van der Waals surface area contributed by atoms with Crippen LogP contribution in [-0.2, 0) is 39.8 Å². The highest BCUT2D eigenvalue weighted by atomic mass is 28.4. The second-order valence-corrected chi connectivity index (χ2v) is 22.0. The third kappa shape index (κ3) is 11.1. The van der Waals surface area contributed by atoms with Crippen LogP contribution in [0.15, 0.2) is 14.4 Å². The molecular weight excluding hydrogens is 715 g/mol. The number of rotatable bonds is 30. The minimum Gasteiger partial charge on any atom is -0.376 e. The van der Waals surface area contributed by atoms with E-state index in [9.17, 15) is 0 Å². The van der Waals surface area contributed by atoms with Gasteiger partial charge < -0.3 is 39.8 Å². The summed E-state index contributed by atoms with van der Waals surface area (Å²) in [5, 5.41) is 0. The van der Waals surface area contributed by atoms with E-state index in [4.69, 9.17) is 39.8 Å². The van der Waals surface area contributed by atoms with Crippen molar-refractivity contribution >= 4 is 26.4 Å². The van der Waals surface area contributed by atoms with Crippen molar-refractivity contribution in [2.24, 2.45) is 0 Å². The maximum absolute atomic E-state index is 15.1. The van der Waals surface area contributed by atoms with E-state index >= 15 is 14.4 Å². The number of nitrogens with zero attached hydrogens (tertiary/aromatic N) is 3. The molecule has 0 bridgehead atoms. The zero-order chi connectivity index (χ0) is 38.7. The highest BCUT2D eigenvalue weighted by Crippen LogP contribution is 2.32. The van der Waals surface area contributed by atoms with Gasteiger partial charge in [0.05, 0.1) is 0 Å². The van der Waals surface area contributed by atoms with Gasteiger partial charge in [0.25, 0.3) is 0 Å². The normalized spacial score (nSPS) is 14.6. The fraction of sp³-hybridized carbons (Fsp3) is 0.909. The predicted octanol–water partition coefficient (Wildman–Crippen LogP) is 4.96. The van der Waals surface area contributed by atoms with E-state index < -0.39 is 60.5 Å². The van der Waals surface area contributed by atoms with Gasteiger partial charge in [-0.3, -0.25) is 0 Å². The molecule has 1 heterocycles. The summed E-state index contributed by atoms with van der Waals surface area (Å²) >= 11 is 0. The Bertz CT molecular complexity index is 1070. The average molecular weight is 784 g/mol. The molecule has 0 aliphatic carbocycles. The van der Waals surface area contributed by atoms with E-state index in [0.717, 1.165) is 71.5 Å². The maximum atomic E-state index is 15.1. The Labute approximate surface area is 308 Å². The van der Waals surface area contributed by atoms with Gasteiger partial charge in [-0.1, -0.05) is 97.8 Å². The summed E-state index contributed by atoms with van der Waals surface area (Å²) in [7, 11) is 1.66. The summed E-state index contributed by atoms with van der Waals surface area (Å²) in [5.74, 6) is 0. The number of hydrogen-bond acceptors (Lipinski definition) is 12. The van der Waals surface area contributed by atoms with Crippen LogP contribution < -0.4 is 17.1 Å². The van der Waals surface area contributed by atoms with Crippen LogP contribution in [0, 0.1) is 0 Å². The predicted molar refractivity (Wildman–Crippen MR) is 203 cm³/mol. The molecule has 0 spiro atoms. The van der Waals surface area contributed by atoms with Gasteiger partial charge in [0.1, 0.15) is 17.0 Å². The Morgan fingerprint density at radius 2 is 0.569 bits per heavy atom. The molecule has 0 saturated carbocycles. The van der Waals surface area contributed by atoms with Crippen molar-refractivity contribution in [2.75, 3.05) is 64.0 Å². The van der Waals surface area contributed by atoms with Gasteiger partial charge in [-0.05, 0) is 19.3 Å². The van der Waals surface area contributed by atoms with E-state index in [1.165, 1.54) is 64.0 Å². The third-order valence-corrected chi connectivity index (χ3v) is 19.2. The molecule has 3 unspecified atom stereocenters. The van der Waals surface area contributed by atoms with E-state index in [1.807, 2.05) is 0 Å². The first kappa shape index (κ1) is 47.7. The van der Waals surface area contributed by atoms with Gasteiger partial charge in [0.2, 0.25) is 0 Å². The molecular formula is C33H69N3O12Si3. The van der Waals surface area contributed by atoms with Gasteiger partial charge in [-0.15, -0.1) is 0 Å². The van der Waals surface area contributed by atoms with Crippen LogP contribution in [-0.4, -0.2) is 104 Å². The molecule has 0 N–H and O–H groups in total. The van der Waals surface area contributed by atoms with Gasteiger partial charge in [0.15, 0.2) is 0 Å². The second-order valence-electron chi connectivity index (χ2n) is 12.7. The molecule has 18 heteroatoms. The molecule has 0 aliphatic rings. The van der Waals surface area contributed by atoms with E-state index in [1.54, 1.807) is 0 Å². The highest BCUT2D eigenvalue weighted by molar-refractivity contribution is 6.62. The van der Waals surface area contributed by atoms with Crippen LogP contribution in [0.2, 0.25) is 0 Å². The molecule has 51 heavy (non-hydrogen) atoms. The van der Waals surface area contributed by atoms with Crippen molar-refractivity contribution in [3.8, 4) is 0 Å². The van der Waals surface area contributed by atoms with Gasteiger partial charge in [-0.2, -0.15) is 0 Å². The zero-order valence-corrected chi connectivity index (χ0v) is 36.6. The first-order valence-corrected chi connectivity index (χ1v) is 23.9. The van der Waals surface area contributed by atoms with Crippen molar-refractivity contribution in [3.05, 3.63) is 31.5 Å². The molecule has 3 atom stereocenters. The summed E-state index contributed by atoms with van der Waals surface area (Å²) in [5.41, 5.74) is -5.50. The molecule has 0 aliphatic heterocycles. The first-order chi connectivity index (χ1) is 24.5.